The SMILES string of the molecule is CC.CC/C=C(\C=C/N)N1CCC(CC)CC1. The van der Waals surface area contributed by atoms with Gasteiger partial charge in [0.1, 0.15) is 0 Å². The van der Waals surface area contributed by atoms with E-state index >= 15 is 0 Å². The topological polar surface area (TPSA) is 29.3 Å². The van der Waals surface area contributed by atoms with Crippen molar-refractivity contribution in [3.63, 3.8) is 0 Å². The van der Waals surface area contributed by atoms with Gasteiger partial charge >= 0.3 is 0 Å². The summed E-state index contributed by atoms with van der Waals surface area (Å²) in [7, 11) is 0. The second-order valence-corrected chi connectivity index (χ2v) is 4.24. The van der Waals surface area contributed by atoms with Gasteiger partial charge in [0.25, 0.3) is 0 Å². The van der Waals surface area contributed by atoms with Gasteiger partial charge in [-0.1, -0.05) is 40.2 Å². The van der Waals surface area contributed by atoms with Gasteiger partial charge in [0.05, 0.1) is 0 Å². The molecule has 0 unspecified atom stereocenters. The molecule has 0 bridgehead atoms. The van der Waals surface area contributed by atoms with E-state index in [4.69, 9.17) is 5.73 Å². The van der Waals surface area contributed by atoms with Gasteiger partial charge in [-0.2, -0.15) is 0 Å². The molecule has 0 aromatic heterocycles. The summed E-state index contributed by atoms with van der Waals surface area (Å²) in [6.07, 6.45) is 11.0. The minimum Gasteiger partial charge on any atom is -0.405 e. The molecule has 1 aliphatic rings. The molecule has 2 N–H and O–H groups in total. The molecule has 0 atom stereocenters. The Bertz CT molecular complexity index is 223. The first kappa shape index (κ1) is 16.1. The van der Waals surface area contributed by atoms with Crippen LogP contribution in [-0.2, 0) is 0 Å². The molecule has 1 aliphatic heterocycles. The van der Waals surface area contributed by atoms with E-state index in [0.717, 1.165) is 12.3 Å². The molecule has 1 fully saturated rings. The van der Waals surface area contributed by atoms with E-state index in [2.05, 4.69) is 24.8 Å². The molecule has 0 aromatic carbocycles. The van der Waals surface area contributed by atoms with Gasteiger partial charge in [-0.25, -0.2) is 0 Å². The average Bonchev–Trinajstić information content (AvgIpc) is 2.41. The van der Waals surface area contributed by atoms with Gasteiger partial charge < -0.3 is 10.6 Å². The predicted molar refractivity (Wildman–Crippen MR) is 77.6 cm³/mol. The van der Waals surface area contributed by atoms with E-state index in [1.165, 1.54) is 38.0 Å². The molecule has 1 heterocycles. The van der Waals surface area contributed by atoms with Crippen LogP contribution in [0, 0.1) is 5.92 Å². The summed E-state index contributed by atoms with van der Waals surface area (Å²) < 4.78 is 0. The van der Waals surface area contributed by atoms with Crippen LogP contribution >= 0.6 is 0 Å². The molecule has 0 aromatic rings. The maximum Gasteiger partial charge on any atom is 0.0339 e. The smallest absolute Gasteiger partial charge is 0.0339 e. The summed E-state index contributed by atoms with van der Waals surface area (Å²) in [4.78, 5) is 2.46. The van der Waals surface area contributed by atoms with Crippen molar-refractivity contribution in [2.45, 2.75) is 53.4 Å². The first-order valence-electron chi connectivity index (χ1n) is 7.15. The van der Waals surface area contributed by atoms with Gasteiger partial charge in [0.15, 0.2) is 0 Å². The lowest BCUT2D eigenvalue weighted by atomic mass is 9.94. The number of nitrogens with zero attached hydrogens (tertiary/aromatic N) is 1. The summed E-state index contributed by atoms with van der Waals surface area (Å²) in [5.74, 6) is 0.936. The van der Waals surface area contributed by atoms with Crippen LogP contribution in [0.25, 0.3) is 0 Å². The summed E-state index contributed by atoms with van der Waals surface area (Å²) in [6, 6.07) is 0. The Labute approximate surface area is 108 Å². The second kappa shape index (κ2) is 10.2. The molecule has 2 heteroatoms. The summed E-state index contributed by atoms with van der Waals surface area (Å²) >= 11 is 0. The van der Waals surface area contributed by atoms with Crippen molar-refractivity contribution in [1.82, 2.24) is 4.90 Å². The Hall–Kier alpha value is -0.920. The van der Waals surface area contributed by atoms with Crippen molar-refractivity contribution in [1.29, 1.82) is 0 Å². The van der Waals surface area contributed by atoms with Gasteiger partial charge in [-0.15, -0.1) is 0 Å². The van der Waals surface area contributed by atoms with Crippen LogP contribution in [-0.4, -0.2) is 18.0 Å². The van der Waals surface area contributed by atoms with Crippen molar-refractivity contribution >= 4 is 0 Å². The lowest BCUT2D eigenvalue weighted by molar-refractivity contribution is 0.227. The zero-order valence-corrected chi connectivity index (χ0v) is 12.1. The number of hydrogen-bond acceptors (Lipinski definition) is 2. The molecule has 17 heavy (non-hydrogen) atoms. The molecule has 0 radical (unpaired) electrons. The molecule has 0 spiro atoms. The van der Waals surface area contributed by atoms with Crippen molar-refractivity contribution in [2.75, 3.05) is 13.1 Å². The van der Waals surface area contributed by atoms with Crippen LogP contribution in [0.5, 0.6) is 0 Å². The van der Waals surface area contributed by atoms with Gasteiger partial charge in [-0.05, 0) is 37.5 Å². The second-order valence-electron chi connectivity index (χ2n) is 4.24. The maximum absolute atomic E-state index is 5.47. The Morgan fingerprint density at radius 3 is 2.24 bits per heavy atom. The highest BCUT2D eigenvalue weighted by Crippen LogP contribution is 2.23. The molecule has 2 nitrogen and oxygen atoms in total. The van der Waals surface area contributed by atoms with Crippen molar-refractivity contribution in [3.05, 3.63) is 24.0 Å². The van der Waals surface area contributed by atoms with Gasteiger partial charge in [0, 0.05) is 18.8 Å². The van der Waals surface area contributed by atoms with Crippen LogP contribution in [0.2, 0.25) is 0 Å². The third-order valence-corrected chi connectivity index (χ3v) is 3.24. The predicted octanol–water partition coefficient (Wildman–Crippen LogP) is 3.90. The number of hydrogen-bond donors (Lipinski definition) is 1. The highest BCUT2D eigenvalue weighted by atomic mass is 15.1. The fraction of sp³-hybridized carbons (Fsp3) is 0.733. The first-order valence-corrected chi connectivity index (χ1v) is 7.15. The molecule has 0 saturated carbocycles. The molecule has 100 valence electrons. The molecular weight excluding hydrogens is 208 g/mol. The minimum atomic E-state index is 0.936. The van der Waals surface area contributed by atoms with Crippen LogP contribution in [0.4, 0.5) is 0 Å². The standard InChI is InChI=1S/C13H24N2.C2H6/c1-3-5-13(6-9-14)15-10-7-12(4-2)8-11-15;1-2/h5-6,9,12H,3-4,7-8,10-11,14H2,1-2H3;1-2H3/b9-6-,13-5+;. The number of piperidine rings is 1. The zero-order chi connectivity index (χ0) is 13.1. The summed E-state index contributed by atoms with van der Waals surface area (Å²) in [5.41, 5.74) is 6.77. The zero-order valence-electron chi connectivity index (χ0n) is 12.1. The Morgan fingerprint density at radius 2 is 1.82 bits per heavy atom. The Balaban J connectivity index is 0.00000121. The Kier molecular flexibility index (Phi) is 9.69. The third kappa shape index (κ3) is 5.81. The van der Waals surface area contributed by atoms with Crippen molar-refractivity contribution in [2.24, 2.45) is 11.7 Å². The first-order chi connectivity index (χ1) is 8.31. The largest absolute Gasteiger partial charge is 0.405 e. The molecular formula is C15H30N2. The molecule has 0 aliphatic carbocycles. The van der Waals surface area contributed by atoms with E-state index in [0.29, 0.717) is 0 Å². The van der Waals surface area contributed by atoms with Crippen LogP contribution in [0.1, 0.15) is 53.4 Å². The Morgan fingerprint density at radius 1 is 1.24 bits per heavy atom. The maximum atomic E-state index is 5.47. The minimum absolute atomic E-state index is 0.936. The number of nitrogens with two attached hydrogens (primary N) is 1. The lowest BCUT2D eigenvalue weighted by Crippen LogP contribution is -2.32. The summed E-state index contributed by atoms with van der Waals surface area (Å²) in [6.45, 7) is 10.8. The normalized spacial score (nSPS) is 18.1. The van der Waals surface area contributed by atoms with Crippen molar-refractivity contribution < 1.29 is 0 Å². The number of allylic oxidation sites excluding steroid dienone is 2. The monoisotopic (exact) mass is 238 g/mol. The van der Waals surface area contributed by atoms with Gasteiger partial charge in [-0.3, -0.25) is 0 Å². The molecule has 1 rings (SSSR count). The fourth-order valence-corrected chi connectivity index (χ4v) is 2.21. The van der Waals surface area contributed by atoms with Crippen LogP contribution in [0.15, 0.2) is 24.0 Å². The summed E-state index contributed by atoms with van der Waals surface area (Å²) in [5, 5.41) is 0. The number of likely N-dealkylation sites (tertiary alicyclic amines) is 1. The average molecular weight is 238 g/mol. The molecule has 0 amide bonds. The van der Waals surface area contributed by atoms with Crippen molar-refractivity contribution in [3.8, 4) is 0 Å². The van der Waals surface area contributed by atoms with E-state index in [-0.39, 0.29) is 0 Å². The highest BCUT2D eigenvalue weighted by molar-refractivity contribution is 5.17. The third-order valence-electron chi connectivity index (χ3n) is 3.24. The number of rotatable bonds is 4. The molecule has 1 saturated heterocycles. The highest BCUT2D eigenvalue weighted by Gasteiger charge is 2.17. The fourth-order valence-electron chi connectivity index (χ4n) is 2.21. The van der Waals surface area contributed by atoms with E-state index in [9.17, 15) is 0 Å². The van der Waals surface area contributed by atoms with E-state index < -0.39 is 0 Å². The van der Waals surface area contributed by atoms with Gasteiger partial charge in [0.2, 0.25) is 0 Å². The van der Waals surface area contributed by atoms with E-state index in [1.54, 1.807) is 6.20 Å². The van der Waals surface area contributed by atoms with E-state index in [1.807, 2.05) is 19.9 Å². The quantitative estimate of drug-likeness (QED) is 0.753. The lowest BCUT2D eigenvalue weighted by Gasteiger charge is -2.34. The van der Waals surface area contributed by atoms with Crippen LogP contribution in [0.3, 0.4) is 0 Å². The van der Waals surface area contributed by atoms with Crippen LogP contribution < -0.4 is 5.73 Å².